The molecular formula is C33H25F3N6O. The average molecular weight is 579 g/mol. The zero-order valence-electron chi connectivity index (χ0n) is 23.2. The summed E-state index contributed by atoms with van der Waals surface area (Å²) >= 11 is 0. The van der Waals surface area contributed by atoms with Crippen LogP contribution in [-0.2, 0) is 6.18 Å². The summed E-state index contributed by atoms with van der Waals surface area (Å²) in [6.45, 7) is 1.95. The van der Waals surface area contributed by atoms with Crippen molar-refractivity contribution >= 4 is 34.6 Å². The monoisotopic (exact) mass is 578 g/mol. The van der Waals surface area contributed by atoms with Crippen LogP contribution in [0.5, 0.6) is 5.75 Å². The van der Waals surface area contributed by atoms with Crippen molar-refractivity contribution in [2.45, 2.75) is 19.1 Å². The van der Waals surface area contributed by atoms with Crippen LogP contribution in [-0.4, -0.2) is 28.6 Å². The minimum Gasteiger partial charge on any atom is -0.496 e. The predicted molar refractivity (Wildman–Crippen MR) is 161 cm³/mol. The van der Waals surface area contributed by atoms with Crippen molar-refractivity contribution in [2.24, 2.45) is 9.98 Å². The van der Waals surface area contributed by atoms with E-state index in [2.05, 4.69) is 10.2 Å². The molecule has 0 aliphatic carbocycles. The molecule has 0 saturated carbocycles. The van der Waals surface area contributed by atoms with E-state index in [0.717, 1.165) is 40.3 Å². The van der Waals surface area contributed by atoms with Gasteiger partial charge >= 0.3 is 6.18 Å². The SMILES string of the molecule is COc1ccccc1C1c2c(C)nn(-c3ccccc3)c2N=C2C(Nc3cccc(C(F)(F)F)c3)=Nc3ccccc3N21. The first-order chi connectivity index (χ1) is 20.8. The van der Waals surface area contributed by atoms with E-state index in [1.54, 1.807) is 17.9 Å². The molecule has 1 atom stereocenters. The second-order valence-corrected chi connectivity index (χ2v) is 10.2. The van der Waals surface area contributed by atoms with Crippen molar-refractivity contribution in [3.05, 3.63) is 126 Å². The molecule has 3 heterocycles. The number of aromatic nitrogens is 2. The molecule has 7 rings (SSSR count). The van der Waals surface area contributed by atoms with E-state index in [0.29, 0.717) is 28.9 Å². The van der Waals surface area contributed by atoms with E-state index < -0.39 is 17.8 Å². The molecule has 1 N–H and O–H groups in total. The molecule has 2 aliphatic heterocycles. The summed E-state index contributed by atoms with van der Waals surface area (Å²) in [7, 11) is 1.63. The zero-order chi connectivity index (χ0) is 29.7. The van der Waals surface area contributed by atoms with Crippen LogP contribution in [0.3, 0.4) is 0 Å². The van der Waals surface area contributed by atoms with Crippen molar-refractivity contribution in [1.82, 2.24) is 9.78 Å². The summed E-state index contributed by atoms with van der Waals surface area (Å²) in [5, 5.41) is 8.06. The number of hydrogen-bond donors (Lipinski definition) is 1. The summed E-state index contributed by atoms with van der Waals surface area (Å²) in [6.07, 6.45) is -4.49. The van der Waals surface area contributed by atoms with Gasteiger partial charge in [-0.3, -0.25) is 0 Å². The number of benzene rings is 4. The lowest BCUT2D eigenvalue weighted by atomic mass is 9.92. The Kier molecular flexibility index (Phi) is 6.27. The molecular weight excluding hydrogens is 553 g/mol. The number of halogens is 3. The molecule has 214 valence electrons. The molecule has 7 nitrogen and oxygen atoms in total. The molecule has 0 spiro atoms. The largest absolute Gasteiger partial charge is 0.496 e. The van der Waals surface area contributed by atoms with Crippen LogP contribution in [0.15, 0.2) is 113 Å². The van der Waals surface area contributed by atoms with Crippen LogP contribution in [0, 0.1) is 6.92 Å². The van der Waals surface area contributed by atoms with Gasteiger partial charge in [0.05, 0.1) is 41.5 Å². The number of aryl methyl sites for hydroxylation is 1. The van der Waals surface area contributed by atoms with Crippen LogP contribution in [0.4, 0.5) is 36.1 Å². The minimum absolute atomic E-state index is 0.239. The Hall–Kier alpha value is -5.38. The molecule has 0 amide bonds. The Balaban J connectivity index is 1.49. The standard InChI is InChI=1S/C33H25F3N6O/c1-20-28-29(24-15-6-9-18-27(24)43-2)41-26-17-8-7-16-25(26)38-30(37-22-12-10-11-21(19-22)33(34,35)36)32(41)39-31(28)42(40-20)23-13-4-3-5-14-23/h3-19,29H,1-2H3,(H,37,38). The Morgan fingerprint density at radius 3 is 2.37 bits per heavy atom. The molecule has 0 fully saturated rings. The molecule has 1 aromatic heterocycles. The number of amidine groups is 2. The second-order valence-electron chi connectivity index (χ2n) is 10.2. The van der Waals surface area contributed by atoms with E-state index >= 15 is 0 Å². The first-order valence-electron chi connectivity index (χ1n) is 13.6. The molecule has 4 aromatic carbocycles. The number of rotatable bonds is 4. The van der Waals surface area contributed by atoms with Gasteiger partial charge in [-0.2, -0.15) is 18.3 Å². The maximum absolute atomic E-state index is 13.6. The van der Waals surface area contributed by atoms with Gasteiger partial charge in [0.2, 0.25) is 0 Å². The first kappa shape index (κ1) is 26.5. The molecule has 0 saturated heterocycles. The molecule has 43 heavy (non-hydrogen) atoms. The highest BCUT2D eigenvalue weighted by molar-refractivity contribution is 6.51. The molecule has 0 bridgehead atoms. The fraction of sp³-hybridized carbons (Fsp3) is 0.121. The number of nitrogens with zero attached hydrogens (tertiary/aromatic N) is 5. The first-order valence-corrected chi connectivity index (χ1v) is 13.6. The maximum Gasteiger partial charge on any atom is 0.416 e. The van der Waals surface area contributed by atoms with Crippen LogP contribution in [0.1, 0.15) is 28.4 Å². The lowest BCUT2D eigenvalue weighted by molar-refractivity contribution is -0.137. The average Bonchev–Trinajstić information content (AvgIpc) is 3.36. The molecule has 0 radical (unpaired) electrons. The summed E-state index contributed by atoms with van der Waals surface area (Å²) in [5.74, 6) is 2.03. The number of methoxy groups -OCH3 is 1. The summed E-state index contributed by atoms with van der Waals surface area (Å²) in [5.41, 5.74) is 4.29. The molecule has 2 aliphatic rings. The Labute approximate surface area is 245 Å². The van der Waals surface area contributed by atoms with Gasteiger partial charge in [-0.15, -0.1) is 0 Å². The lowest BCUT2D eigenvalue weighted by Gasteiger charge is -2.41. The van der Waals surface area contributed by atoms with Crippen LogP contribution in [0.25, 0.3) is 5.69 Å². The fourth-order valence-corrected chi connectivity index (χ4v) is 5.64. The normalized spacial score (nSPS) is 15.6. The highest BCUT2D eigenvalue weighted by Crippen LogP contribution is 2.49. The van der Waals surface area contributed by atoms with E-state index in [4.69, 9.17) is 19.8 Å². The van der Waals surface area contributed by atoms with Gasteiger partial charge in [0.15, 0.2) is 17.5 Å². The second kappa shape index (κ2) is 10.2. The number of alkyl halides is 3. The third kappa shape index (κ3) is 4.51. The third-order valence-electron chi connectivity index (χ3n) is 7.53. The predicted octanol–water partition coefficient (Wildman–Crippen LogP) is 8.00. The zero-order valence-corrected chi connectivity index (χ0v) is 23.2. The van der Waals surface area contributed by atoms with Gasteiger partial charge in [0, 0.05) is 16.8 Å². The van der Waals surface area contributed by atoms with E-state index in [1.165, 1.54) is 6.07 Å². The number of aliphatic imine (C=N–C) groups is 2. The van der Waals surface area contributed by atoms with Crippen molar-refractivity contribution in [2.75, 3.05) is 17.3 Å². The van der Waals surface area contributed by atoms with Gasteiger partial charge in [0.25, 0.3) is 0 Å². The summed E-state index contributed by atoms with van der Waals surface area (Å²) < 4.78 is 48.4. The van der Waals surface area contributed by atoms with Gasteiger partial charge in [-0.1, -0.05) is 54.6 Å². The van der Waals surface area contributed by atoms with Gasteiger partial charge < -0.3 is 15.0 Å². The Bertz CT molecular complexity index is 1910. The van der Waals surface area contributed by atoms with Crippen molar-refractivity contribution < 1.29 is 17.9 Å². The van der Waals surface area contributed by atoms with E-state index in [9.17, 15) is 13.2 Å². The molecule has 1 unspecified atom stereocenters. The van der Waals surface area contributed by atoms with Crippen molar-refractivity contribution in [1.29, 1.82) is 0 Å². The van der Waals surface area contributed by atoms with Gasteiger partial charge in [-0.05, 0) is 55.5 Å². The smallest absolute Gasteiger partial charge is 0.416 e. The number of para-hydroxylation sites is 4. The third-order valence-corrected chi connectivity index (χ3v) is 7.53. The number of anilines is 2. The highest BCUT2D eigenvalue weighted by Gasteiger charge is 2.42. The van der Waals surface area contributed by atoms with Gasteiger partial charge in [-0.25, -0.2) is 14.7 Å². The summed E-state index contributed by atoms with van der Waals surface area (Å²) in [4.78, 5) is 12.0. The fourth-order valence-electron chi connectivity index (χ4n) is 5.64. The van der Waals surface area contributed by atoms with Crippen molar-refractivity contribution in [3.8, 4) is 11.4 Å². The summed E-state index contributed by atoms with van der Waals surface area (Å²) in [6, 6.07) is 29.7. The Morgan fingerprint density at radius 2 is 1.58 bits per heavy atom. The quantitative estimate of drug-likeness (QED) is 0.235. The number of ether oxygens (including phenoxy) is 1. The van der Waals surface area contributed by atoms with Gasteiger partial charge in [0.1, 0.15) is 5.75 Å². The van der Waals surface area contributed by atoms with E-state index in [-0.39, 0.29) is 5.69 Å². The maximum atomic E-state index is 13.6. The molecule has 5 aromatic rings. The van der Waals surface area contributed by atoms with E-state index in [1.807, 2.05) is 85.8 Å². The Morgan fingerprint density at radius 1 is 0.837 bits per heavy atom. The lowest BCUT2D eigenvalue weighted by Crippen LogP contribution is -2.46. The van der Waals surface area contributed by atoms with Crippen LogP contribution >= 0.6 is 0 Å². The topological polar surface area (TPSA) is 67.0 Å². The molecule has 10 heteroatoms. The number of fused-ring (bicyclic) bond motifs is 4. The van der Waals surface area contributed by atoms with Crippen molar-refractivity contribution in [3.63, 3.8) is 0 Å². The number of hydrogen-bond acceptors (Lipinski definition) is 6. The minimum atomic E-state index is -4.49. The number of nitrogens with one attached hydrogen (secondary N) is 1. The van der Waals surface area contributed by atoms with Crippen LogP contribution < -0.4 is 15.0 Å². The highest BCUT2D eigenvalue weighted by atomic mass is 19.4. The van der Waals surface area contributed by atoms with Crippen LogP contribution in [0.2, 0.25) is 0 Å².